The number of anilines is 1. The summed E-state index contributed by atoms with van der Waals surface area (Å²) in [5.41, 5.74) is 0.645. The van der Waals surface area contributed by atoms with E-state index in [1.165, 1.54) is 25.3 Å². The van der Waals surface area contributed by atoms with Crippen molar-refractivity contribution in [2.75, 3.05) is 37.6 Å². The monoisotopic (exact) mass is 434 g/mol. The van der Waals surface area contributed by atoms with Gasteiger partial charge in [-0.15, -0.1) is 0 Å². The molecule has 1 aliphatic heterocycles. The first-order valence-electron chi connectivity index (χ1n) is 11.1. The van der Waals surface area contributed by atoms with Crippen molar-refractivity contribution in [3.63, 3.8) is 0 Å². The third-order valence-electron chi connectivity index (χ3n) is 6.38. The Morgan fingerprint density at radius 1 is 1.20 bits per heavy atom. The molecule has 0 aromatic heterocycles. The molecular formula is C23H32ClFN4O. The van der Waals surface area contributed by atoms with E-state index in [2.05, 4.69) is 21.2 Å². The Hall–Kier alpha value is -1.84. The van der Waals surface area contributed by atoms with Crippen LogP contribution in [0.15, 0.2) is 18.2 Å². The minimum Gasteiger partial charge on any atom is -0.367 e. The molecular weight excluding hydrogens is 403 g/mol. The van der Waals surface area contributed by atoms with Crippen molar-refractivity contribution in [3.05, 3.63) is 29.0 Å². The van der Waals surface area contributed by atoms with E-state index in [0.717, 1.165) is 51.5 Å². The van der Waals surface area contributed by atoms with Crippen molar-refractivity contribution in [2.45, 2.75) is 57.4 Å². The molecule has 2 fully saturated rings. The van der Waals surface area contributed by atoms with Gasteiger partial charge in [0.05, 0.1) is 11.8 Å². The average Bonchev–Trinajstić information content (AvgIpc) is 2.74. The van der Waals surface area contributed by atoms with Crippen molar-refractivity contribution in [2.24, 2.45) is 5.92 Å². The predicted octanol–water partition coefficient (Wildman–Crippen LogP) is 4.36. The van der Waals surface area contributed by atoms with Gasteiger partial charge in [0.25, 0.3) is 0 Å². The van der Waals surface area contributed by atoms with Gasteiger partial charge in [0.15, 0.2) is 0 Å². The average molecular weight is 435 g/mol. The van der Waals surface area contributed by atoms with Gasteiger partial charge in [0.2, 0.25) is 5.91 Å². The smallest absolute Gasteiger partial charge is 0.220 e. The largest absolute Gasteiger partial charge is 0.367 e. The van der Waals surface area contributed by atoms with Gasteiger partial charge in [-0.1, -0.05) is 11.6 Å². The minimum atomic E-state index is -0.245. The van der Waals surface area contributed by atoms with Crippen molar-refractivity contribution in [1.29, 1.82) is 5.26 Å². The number of benzene rings is 1. The fourth-order valence-corrected chi connectivity index (χ4v) is 4.70. The lowest BCUT2D eigenvalue weighted by Gasteiger charge is -2.37. The Morgan fingerprint density at radius 3 is 2.60 bits per heavy atom. The van der Waals surface area contributed by atoms with Gasteiger partial charge in [0, 0.05) is 50.1 Å². The van der Waals surface area contributed by atoms with E-state index in [1.54, 1.807) is 12.1 Å². The lowest BCUT2D eigenvalue weighted by Crippen LogP contribution is -2.47. The summed E-state index contributed by atoms with van der Waals surface area (Å²) in [5, 5.41) is 12.1. The number of hydrogen-bond acceptors (Lipinski definition) is 4. The van der Waals surface area contributed by atoms with Crippen LogP contribution in [0.3, 0.4) is 0 Å². The number of nitrogens with one attached hydrogen (secondary N) is 1. The molecule has 0 radical (unpaired) electrons. The number of rotatable bonds is 8. The van der Waals surface area contributed by atoms with E-state index in [-0.39, 0.29) is 11.7 Å². The number of carbonyl (C=O) groups is 1. The molecule has 1 N–H and O–H groups in total. The molecule has 0 atom stereocenters. The molecule has 0 bridgehead atoms. The van der Waals surface area contributed by atoms with Crippen LogP contribution in [0.2, 0.25) is 5.02 Å². The maximum atomic E-state index is 14.1. The van der Waals surface area contributed by atoms with E-state index in [0.29, 0.717) is 36.0 Å². The summed E-state index contributed by atoms with van der Waals surface area (Å²) < 4.78 is 14.1. The number of amides is 1. The van der Waals surface area contributed by atoms with Crippen molar-refractivity contribution >= 4 is 23.2 Å². The molecule has 1 aliphatic carbocycles. The zero-order chi connectivity index (χ0) is 21.3. The number of carbonyl (C=O) groups excluding carboxylic acids is 1. The SMILES string of the molecule is N#CCCCC(=O)N[C@H]1CC[C@H](CCN2CCN(c3ccc(Cl)cc3F)CC2)CC1. The molecule has 30 heavy (non-hydrogen) atoms. The van der Waals surface area contributed by atoms with Gasteiger partial charge in [-0.3, -0.25) is 9.69 Å². The number of hydrogen-bond donors (Lipinski definition) is 1. The zero-order valence-corrected chi connectivity index (χ0v) is 18.3. The molecule has 1 aromatic carbocycles. The highest BCUT2D eigenvalue weighted by molar-refractivity contribution is 6.30. The first kappa shape index (κ1) is 22.8. The fourth-order valence-electron chi connectivity index (χ4n) is 4.54. The van der Waals surface area contributed by atoms with Crippen LogP contribution in [0.1, 0.15) is 51.4 Å². The van der Waals surface area contributed by atoms with Crippen molar-refractivity contribution in [1.82, 2.24) is 10.2 Å². The summed E-state index contributed by atoms with van der Waals surface area (Å²) in [7, 11) is 0. The molecule has 0 unspecified atom stereocenters. The van der Waals surface area contributed by atoms with Crippen LogP contribution in [0, 0.1) is 23.1 Å². The Labute approximate surface area is 184 Å². The van der Waals surface area contributed by atoms with E-state index in [4.69, 9.17) is 16.9 Å². The molecule has 5 nitrogen and oxygen atoms in total. The van der Waals surface area contributed by atoms with Crippen molar-refractivity contribution < 1.29 is 9.18 Å². The number of nitriles is 1. The summed E-state index contributed by atoms with van der Waals surface area (Å²) in [4.78, 5) is 16.5. The van der Waals surface area contributed by atoms with Crippen LogP contribution < -0.4 is 10.2 Å². The highest BCUT2D eigenvalue weighted by Gasteiger charge is 2.24. The van der Waals surface area contributed by atoms with Crippen LogP contribution in [0.25, 0.3) is 0 Å². The van der Waals surface area contributed by atoms with Gasteiger partial charge >= 0.3 is 0 Å². The first-order valence-corrected chi connectivity index (χ1v) is 11.5. The Bertz CT molecular complexity index is 737. The molecule has 1 heterocycles. The summed E-state index contributed by atoms with van der Waals surface area (Å²) in [5.74, 6) is 0.567. The normalized spacial score (nSPS) is 22.5. The molecule has 1 saturated heterocycles. The zero-order valence-electron chi connectivity index (χ0n) is 17.6. The predicted molar refractivity (Wildman–Crippen MR) is 118 cm³/mol. The van der Waals surface area contributed by atoms with Crippen LogP contribution in [0.5, 0.6) is 0 Å². The second kappa shape index (κ2) is 11.5. The van der Waals surface area contributed by atoms with E-state index >= 15 is 0 Å². The second-order valence-corrected chi connectivity index (χ2v) is 8.95. The van der Waals surface area contributed by atoms with Gasteiger partial charge in [-0.25, -0.2) is 4.39 Å². The lowest BCUT2D eigenvalue weighted by atomic mass is 9.84. The fraction of sp³-hybridized carbons (Fsp3) is 0.652. The van der Waals surface area contributed by atoms with Crippen LogP contribution in [-0.4, -0.2) is 49.6 Å². The molecule has 1 saturated carbocycles. The number of halogens is 2. The third kappa shape index (κ3) is 6.85. The Balaban J connectivity index is 1.31. The molecule has 2 aliphatic rings. The van der Waals surface area contributed by atoms with Crippen LogP contribution >= 0.6 is 11.6 Å². The molecule has 7 heteroatoms. The Kier molecular flexibility index (Phi) is 8.77. The molecule has 164 valence electrons. The first-order chi connectivity index (χ1) is 14.5. The maximum Gasteiger partial charge on any atom is 0.220 e. The summed E-state index contributed by atoms with van der Waals surface area (Å²) in [6.07, 6.45) is 7.19. The summed E-state index contributed by atoms with van der Waals surface area (Å²) >= 11 is 5.86. The Morgan fingerprint density at radius 2 is 1.93 bits per heavy atom. The standard InChI is InChI=1S/C23H32ClFN4O/c24-19-6-9-22(21(25)17-19)29-15-13-28(14-16-29)12-10-18-4-7-20(8-5-18)27-23(30)3-1-2-11-26/h6,9,17-18,20H,1-5,7-8,10,12-16H2,(H,27,30)/t18-,20-. The topological polar surface area (TPSA) is 59.4 Å². The van der Waals surface area contributed by atoms with Gasteiger partial charge in [-0.2, -0.15) is 5.26 Å². The highest BCUT2D eigenvalue weighted by Crippen LogP contribution is 2.28. The lowest BCUT2D eigenvalue weighted by molar-refractivity contribution is -0.122. The summed E-state index contributed by atoms with van der Waals surface area (Å²) in [6, 6.07) is 7.28. The number of nitrogens with zero attached hydrogens (tertiary/aromatic N) is 3. The second-order valence-electron chi connectivity index (χ2n) is 8.51. The maximum absolute atomic E-state index is 14.1. The molecule has 1 aromatic rings. The summed E-state index contributed by atoms with van der Waals surface area (Å²) in [6.45, 7) is 4.67. The number of unbranched alkanes of at least 4 members (excludes halogenated alkanes) is 1. The minimum absolute atomic E-state index is 0.0868. The van der Waals surface area contributed by atoms with Gasteiger partial charge in [-0.05, 0) is 69.2 Å². The number of piperazine rings is 1. The van der Waals surface area contributed by atoms with E-state index in [9.17, 15) is 9.18 Å². The van der Waals surface area contributed by atoms with Crippen molar-refractivity contribution in [3.8, 4) is 6.07 Å². The van der Waals surface area contributed by atoms with Gasteiger partial charge in [0.1, 0.15) is 5.82 Å². The van der Waals surface area contributed by atoms with Crippen LogP contribution in [-0.2, 0) is 4.79 Å². The molecule has 0 spiro atoms. The van der Waals surface area contributed by atoms with Gasteiger partial charge < -0.3 is 10.2 Å². The molecule has 3 rings (SSSR count). The quantitative estimate of drug-likeness (QED) is 0.617. The van der Waals surface area contributed by atoms with E-state index in [1.807, 2.05) is 0 Å². The van der Waals surface area contributed by atoms with Crippen LogP contribution in [0.4, 0.5) is 10.1 Å². The molecule has 1 amide bonds. The van der Waals surface area contributed by atoms with E-state index < -0.39 is 0 Å². The third-order valence-corrected chi connectivity index (χ3v) is 6.62. The highest BCUT2D eigenvalue weighted by atomic mass is 35.5.